The van der Waals surface area contributed by atoms with Crippen molar-refractivity contribution in [1.82, 2.24) is 5.32 Å². The maximum absolute atomic E-state index is 11.5. The van der Waals surface area contributed by atoms with Gasteiger partial charge in [0.1, 0.15) is 0 Å². The average molecular weight is 245 g/mol. The van der Waals surface area contributed by atoms with E-state index in [1.165, 1.54) is 18.6 Å². The number of carbonyl (C=O) groups excluding carboxylic acids is 1. The van der Waals surface area contributed by atoms with Gasteiger partial charge in [-0.1, -0.05) is 13.3 Å². The van der Waals surface area contributed by atoms with Gasteiger partial charge in [-0.25, -0.2) is 0 Å². The quantitative estimate of drug-likeness (QED) is 0.779. The van der Waals surface area contributed by atoms with Crippen LogP contribution in [0.1, 0.15) is 39.0 Å². The summed E-state index contributed by atoms with van der Waals surface area (Å²) in [6.07, 6.45) is 5.31. The molecule has 1 saturated carbocycles. The molecule has 0 saturated heterocycles. The van der Waals surface area contributed by atoms with E-state index in [-0.39, 0.29) is 5.91 Å². The fourth-order valence-corrected chi connectivity index (χ4v) is 3.33. The van der Waals surface area contributed by atoms with Gasteiger partial charge in [-0.15, -0.1) is 0 Å². The molecule has 16 heavy (non-hydrogen) atoms. The molecule has 1 aliphatic rings. The van der Waals surface area contributed by atoms with E-state index in [0.29, 0.717) is 19.1 Å². The van der Waals surface area contributed by atoms with E-state index in [4.69, 9.17) is 4.74 Å². The minimum atomic E-state index is 0.133. The molecule has 0 spiro atoms. The van der Waals surface area contributed by atoms with Gasteiger partial charge in [-0.3, -0.25) is 4.79 Å². The highest BCUT2D eigenvalue weighted by atomic mass is 32.2. The molecule has 0 aromatic carbocycles. The van der Waals surface area contributed by atoms with Crippen LogP contribution in [0.25, 0.3) is 0 Å². The summed E-state index contributed by atoms with van der Waals surface area (Å²) in [4.78, 5) is 11.5. The van der Waals surface area contributed by atoms with Crippen molar-refractivity contribution < 1.29 is 9.53 Å². The highest BCUT2D eigenvalue weighted by Gasteiger charge is 2.22. The van der Waals surface area contributed by atoms with Crippen LogP contribution in [0.2, 0.25) is 0 Å². The lowest BCUT2D eigenvalue weighted by Crippen LogP contribution is -2.39. The third kappa shape index (κ3) is 5.21. The van der Waals surface area contributed by atoms with Crippen molar-refractivity contribution in [3.8, 4) is 0 Å². The van der Waals surface area contributed by atoms with Crippen molar-refractivity contribution >= 4 is 17.7 Å². The van der Waals surface area contributed by atoms with Gasteiger partial charge >= 0.3 is 0 Å². The number of hydrogen-bond acceptors (Lipinski definition) is 3. The van der Waals surface area contributed by atoms with Gasteiger partial charge in [-0.2, -0.15) is 11.8 Å². The average Bonchev–Trinajstić information content (AvgIpc) is 2.27. The molecule has 2 atom stereocenters. The lowest BCUT2D eigenvalue weighted by Gasteiger charge is -2.29. The van der Waals surface area contributed by atoms with Crippen LogP contribution in [0.4, 0.5) is 0 Å². The molecular formula is C12H23NO2S. The molecule has 1 amide bonds. The number of rotatable bonds is 6. The summed E-state index contributed by atoms with van der Waals surface area (Å²) in [5.41, 5.74) is 0. The van der Waals surface area contributed by atoms with Crippen molar-refractivity contribution in [3.63, 3.8) is 0 Å². The molecule has 94 valence electrons. The molecule has 0 aromatic heterocycles. The SMILES string of the molecule is CCS[C@@H]1CCC[C@@H](NC(=O)CCOC)C1. The Labute approximate surface area is 103 Å². The Kier molecular flexibility index (Phi) is 6.88. The molecule has 0 bridgehead atoms. The fraction of sp³-hybridized carbons (Fsp3) is 0.917. The van der Waals surface area contributed by atoms with Gasteiger partial charge in [-0.05, 0) is 25.0 Å². The molecular weight excluding hydrogens is 222 g/mol. The zero-order valence-electron chi connectivity index (χ0n) is 10.3. The van der Waals surface area contributed by atoms with Crippen molar-refractivity contribution in [3.05, 3.63) is 0 Å². The zero-order valence-corrected chi connectivity index (χ0v) is 11.1. The van der Waals surface area contributed by atoms with Crippen LogP contribution < -0.4 is 5.32 Å². The van der Waals surface area contributed by atoms with E-state index in [1.807, 2.05) is 11.8 Å². The minimum absolute atomic E-state index is 0.133. The second-order valence-corrected chi connectivity index (χ2v) is 5.83. The Morgan fingerprint density at radius 3 is 3.00 bits per heavy atom. The summed E-state index contributed by atoms with van der Waals surface area (Å²) in [5, 5.41) is 3.85. The molecule has 0 aromatic rings. The molecule has 1 aliphatic carbocycles. The topological polar surface area (TPSA) is 38.3 Å². The summed E-state index contributed by atoms with van der Waals surface area (Å²) in [6.45, 7) is 2.72. The molecule has 1 fully saturated rings. The standard InChI is InChI=1S/C12H23NO2S/c1-3-16-11-6-4-5-10(9-11)13-12(14)7-8-15-2/h10-11H,3-9H2,1-2H3,(H,13,14)/t10-,11-/m1/s1. The summed E-state index contributed by atoms with van der Waals surface area (Å²) < 4.78 is 4.90. The van der Waals surface area contributed by atoms with E-state index in [9.17, 15) is 4.79 Å². The highest BCUT2D eigenvalue weighted by molar-refractivity contribution is 7.99. The number of thioether (sulfide) groups is 1. The molecule has 0 unspecified atom stereocenters. The van der Waals surface area contributed by atoms with Gasteiger partial charge in [0.2, 0.25) is 5.91 Å². The van der Waals surface area contributed by atoms with Crippen molar-refractivity contribution in [2.45, 2.75) is 50.3 Å². The molecule has 0 aliphatic heterocycles. The minimum Gasteiger partial charge on any atom is -0.384 e. The van der Waals surface area contributed by atoms with Crippen LogP contribution in [0.3, 0.4) is 0 Å². The predicted octanol–water partition coefficient (Wildman–Crippen LogP) is 2.20. The Morgan fingerprint density at radius 1 is 1.50 bits per heavy atom. The van der Waals surface area contributed by atoms with E-state index < -0.39 is 0 Å². The van der Waals surface area contributed by atoms with Gasteiger partial charge in [0.15, 0.2) is 0 Å². The van der Waals surface area contributed by atoms with Crippen LogP contribution in [-0.2, 0) is 9.53 Å². The monoisotopic (exact) mass is 245 g/mol. The van der Waals surface area contributed by atoms with E-state index in [0.717, 1.165) is 18.1 Å². The van der Waals surface area contributed by atoms with Gasteiger partial charge in [0.05, 0.1) is 6.61 Å². The number of ether oxygens (including phenoxy) is 1. The third-order valence-corrected chi connectivity index (χ3v) is 4.16. The largest absolute Gasteiger partial charge is 0.384 e. The van der Waals surface area contributed by atoms with Gasteiger partial charge in [0, 0.05) is 24.8 Å². The van der Waals surface area contributed by atoms with Crippen molar-refractivity contribution in [2.24, 2.45) is 0 Å². The number of hydrogen-bond donors (Lipinski definition) is 1. The summed E-state index contributed by atoms with van der Waals surface area (Å²) in [7, 11) is 1.63. The zero-order chi connectivity index (χ0) is 11.8. The Balaban J connectivity index is 2.22. The van der Waals surface area contributed by atoms with E-state index in [1.54, 1.807) is 7.11 Å². The van der Waals surface area contributed by atoms with Crippen LogP contribution in [0.15, 0.2) is 0 Å². The highest BCUT2D eigenvalue weighted by Crippen LogP contribution is 2.28. The maximum Gasteiger partial charge on any atom is 0.222 e. The van der Waals surface area contributed by atoms with Crippen LogP contribution in [0, 0.1) is 0 Å². The second-order valence-electron chi connectivity index (χ2n) is 4.25. The molecule has 0 radical (unpaired) electrons. The number of methoxy groups -OCH3 is 1. The lowest BCUT2D eigenvalue weighted by molar-refractivity contribution is -0.122. The maximum atomic E-state index is 11.5. The summed E-state index contributed by atoms with van der Waals surface area (Å²) in [6, 6.07) is 0.391. The van der Waals surface area contributed by atoms with E-state index in [2.05, 4.69) is 12.2 Å². The fourth-order valence-electron chi connectivity index (χ4n) is 2.16. The number of carbonyl (C=O) groups is 1. The van der Waals surface area contributed by atoms with Gasteiger partial charge in [0.25, 0.3) is 0 Å². The molecule has 1 N–H and O–H groups in total. The number of nitrogens with one attached hydrogen (secondary N) is 1. The molecule has 1 rings (SSSR count). The lowest BCUT2D eigenvalue weighted by atomic mass is 9.95. The Morgan fingerprint density at radius 2 is 2.31 bits per heavy atom. The summed E-state index contributed by atoms with van der Waals surface area (Å²) >= 11 is 2.02. The normalized spacial score (nSPS) is 25.4. The van der Waals surface area contributed by atoms with Gasteiger partial charge < -0.3 is 10.1 Å². The van der Waals surface area contributed by atoms with Crippen LogP contribution >= 0.6 is 11.8 Å². The third-order valence-electron chi connectivity index (χ3n) is 2.93. The van der Waals surface area contributed by atoms with Crippen molar-refractivity contribution in [1.29, 1.82) is 0 Å². The first-order chi connectivity index (χ1) is 7.76. The first-order valence-electron chi connectivity index (χ1n) is 6.16. The first kappa shape index (κ1) is 13.8. The smallest absolute Gasteiger partial charge is 0.222 e. The van der Waals surface area contributed by atoms with Crippen LogP contribution in [-0.4, -0.2) is 36.7 Å². The number of amides is 1. The van der Waals surface area contributed by atoms with Crippen LogP contribution in [0.5, 0.6) is 0 Å². The molecule has 4 heteroatoms. The predicted molar refractivity (Wildman–Crippen MR) is 68.8 cm³/mol. The molecule has 0 heterocycles. The van der Waals surface area contributed by atoms with E-state index >= 15 is 0 Å². The molecule has 3 nitrogen and oxygen atoms in total. The first-order valence-corrected chi connectivity index (χ1v) is 7.21. The Hall–Kier alpha value is -0.220. The second kappa shape index (κ2) is 7.96. The summed E-state index contributed by atoms with van der Waals surface area (Å²) in [5.74, 6) is 1.31. The van der Waals surface area contributed by atoms with Crippen molar-refractivity contribution in [2.75, 3.05) is 19.5 Å². The Bertz CT molecular complexity index is 209.